The van der Waals surface area contributed by atoms with Gasteiger partial charge in [0.15, 0.2) is 34.7 Å². The van der Waals surface area contributed by atoms with E-state index in [1.807, 2.05) is 30.3 Å². The SMILES string of the molecule is COCCc1nc(C(=O)Nc2cnn(Cc3ccc(C(C)=O)o3)n2)c(-c2ccccc2)o1. The molecule has 0 bridgehead atoms. The Labute approximate surface area is 183 Å². The summed E-state index contributed by atoms with van der Waals surface area (Å²) in [4.78, 5) is 30.0. The zero-order valence-corrected chi connectivity index (χ0v) is 17.6. The highest BCUT2D eigenvalue weighted by Crippen LogP contribution is 2.26. The molecule has 0 fully saturated rings. The van der Waals surface area contributed by atoms with Crippen molar-refractivity contribution in [2.24, 2.45) is 0 Å². The number of rotatable bonds is 9. The van der Waals surface area contributed by atoms with Crippen molar-refractivity contribution in [3.63, 3.8) is 0 Å². The van der Waals surface area contributed by atoms with Gasteiger partial charge in [-0.1, -0.05) is 30.3 Å². The number of nitrogens with one attached hydrogen (secondary N) is 1. The monoisotopic (exact) mass is 435 g/mol. The smallest absolute Gasteiger partial charge is 0.279 e. The molecule has 0 aliphatic rings. The van der Waals surface area contributed by atoms with Crippen molar-refractivity contribution in [3.8, 4) is 11.3 Å². The second-order valence-electron chi connectivity index (χ2n) is 6.93. The lowest BCUT2D eigenvalue weighted by Crippen LogP contribution is -2.14. The molecule has 1 aromatic carbocycles. The van der Waals surface area contributed by atoms with Gasteiger partial charge in [0.2, 0.25) is 0 Å². The molecule has 10 nitrogen and oxygen atoms in total. The molecule has 0 spiro atoms. The Morgan fingerprint density at radius 1 is 1.12 bits per heavy atom. The number of nitrogens with zero attached hydrogens (tertiary/aromatic N) is 4. The first-order valence-electron chi connectivity index (χ1n) is 9.88. The molecule has 0 atom stereocenters. The summed E-state index contributed by atoms with van der Waals surface area (Å²) in [5.74, 6) is 1.17. The molecule has 10 heteroatoms. The largest absolute Gasteiger partial charge is 0.456 e. The summed E-state index contributed by atoms with van der Waals surface area (Å²) < 4.78 is 16.3. The third kappa shape index (κ3) is 4.81. The number of Topliss-reactive ketones (excluding diaryl/α,β-unsaturated/α-hetero) is 1. The van der Waals surface area contributed by atoms with Crippen molar-refractivity contribution < 1.29 is 23.2 Å². The standard InChI is InChI=1S/C22H21N5O5/c1-14(28)17-9-8-16(31-17)13-27-23-12-18(26-27)24-22(29)20-21(15-6-4-3-5-7-15)32-19(25-20)10-11-30-2/h3-9,12H,10-11,13H2,1-2H3,(H,24,26,29). The summed E-state index contributed by atoms with van der Waals surface area (Å²) in [5.41, 5.74) is 0.880. The van der Waals surface area contributed by atoms with Gasteiger partial charge in [0.25, 0.3) is 5.91 Å². The van der Waals surface area contributed by atoms with Crippen molar-refractivity contribution in [2.45, 2.75) is 19.9 Å². The van der Waals surface area contributed by atoms with E-state index in [-0.39, 0.29) is 29.6 Å². The number of anilines is 1. The van der Waals surface area contributed by atoms with E-state index in [4.69, 9.17) is 13.6 Å². The Morgan fingerprint density at radius 3 is 2.66 bits per heavy atom. The molecular weight excluding hydrogens is 414 g/mol. The van der Waals surface area contributed by atoms with Crippen LogP contribution in [0.15, 0.2) is 57.5 Å². The van der Waals surface area contributed by atoms with E-state index in [0.717, 1.165) is 5.56 Å². The average molecular weight is 435 g/mol. The lowest BCUT2D eigenvalue weighted by molar-refractivity contribution is 0.0983. The minimum Gasteiger partial charge on any atom is -0.456 e. The molecule has 1 N–H and O–H groups in total. The number of ether oxygens (including phenoxy) is 1. The summed E-state index contributed by atoms with van der Waals surface area (Å²) >= 11 is 0. The number of hydrogen-bond acceptors (Lipinski definition) is 8. The Morgan fingerprint density at radius 2 is 1.94 bits per heavy atom. The van der Waals surface area contributed by atoms with Crippen LogP contribution in [0, 0.1) is 0 Å². The zero-order chi connectivity index (χ0) is 22.5. The van der Waals surface area contributed by atoms with Crippen LogP contribution in [0.5, 0.6) is 0 Å². The average Bonchev–Trinajstić information content (AvgIpc) is 3.53. The van der Waals surface area contributed by atoms with Crippen molar-refractivity contribution >= 4 is 17.5 Å². The molecule has 0 unspecified atom stereocenters. The van der Waals surface area contributed by atoms with Gasteiger partial charge in [-0.3, -0.25) is 9.59 Å². The Balaban J connectivity index is 1.51. The van der Waals surface area contributed by atoms with Crippen LogP contribution in [-0.4, -0.2) is 45.4 Å². The topological polar surface area (TPSA) is 125 Å². The minimum absolute atomic E-state index is 0.147. The van der Waals surface area contributed by atoms with Crippen LogP contribution in [0.3, 0.4) is 0 Å². The number of aromatic nitrogens is 4. The van der Waals surface area contributed by atoms with Crippen molar-refractivity contribution in [2.75, 3.05) is 19.0 Å². The molecule has 0 radical (unpaired) electrons. The number of ketones is 1. The van der Waals surface area contributed by atoms with Crippen LogP contribution in [0.25, 0.3) is 11.3 Å². The van der Waals surface area contributed by atoms with Crippen LogP contribution >= 0.6 is 0 Å². The number of furan rings is 1. The number of carbonyl (C=O) groups is 2. The quantitative estimate of drug-likeness (QED) is 0.397. The molecule has 0 aliphatic heterocycles. The lowest BCUT2D eigenvalue weighted by Gasteiger charge is -2.01. The molecule has 0 aliphatic carbocycles. The van der Waals surface area contributed by atoms with E-state index in [2.05, 4.69) is 20.5 Å². The van der Waals surface area contributed by atoms with Crippen LogP contribution in [-0.2, 0) is 17.7 Å². The normalized spacial score (nSPS) is 10.9. The number of carbonyl (C=O) groups excluding carboxylic acids is 2. The van der Waals surface area contributed by atoms with Crippen molar-refractivity contribution in [1.82, 2.24) is 20.0 Å². The molecule has 32 heavy (non-hydrogen) atoms. The van der Waals surface area contributed by atoms with E-state index in [9.17, 15) is 9.59 Å². The van der Waals surface area contributed by atoms with Gasteiger partial charge in [-0.25, -0.2) is 4.98 Å². The maximum Gasteiger partial charge on any atom is 0.279 e. The molecule has 1 amide bonds. The van der Waals surface area contributed by atoms with Gasteiger partial charge in [0.1, 0.15) is 12.3 Å². The minimum atomic E-state index is -0.472. The van der Waals surface area contributed by atoms with Gasteiger partial charge < -0.3 is 18.9 Å². The maximum atomic E-state index is 12.9. The van der Waals surface area contributed by atoms with Crippen molar-refractivity contribution in [3.05, 3.63) is 71.8 Å². The van der Waals surface area contributed by atoms with E-state index >= 15 is 0 Å². The van der Waals surface area contributed by atoms with Crippen LogP contribution < -0.4 is 5.32 Å². The summed E-state index contributed by atoms with van der Waals surface area (Å²) in [5, 5.41) is 11.1. The molecule has 4 rings (SSSR count). The third-order valence-corrected chi connectivity index (χ3v) is 4.53. The van der Waals surface area contributed by atoms with Crippen molar-refractivity contribution in [1.29, 1.82) is 0 Å². The summed E-state index contributed by atoms with van der Waals surface area (Å²) in [7, 11) is 1.58. The predicted octanol–water partition coefficient (Wildman–Crippen LogP) is 3.22. The highest BCUT2D eigenvalue weighted by atomic mass is 16.5. The van der Waals surface area contributed by atoms with E-state index in [1.165, 1.54) is 17.9 Å². The molecule has 0 saturated heterocycles. The third-order valence-electron chi connectivity index (χ3n) is 4.53. The first-order valence-corrected chi connectivity index (χ1v) is 9.88. The molecular formula is C22H21N5O5. The van der Waals surface area contributed by atoms with E-state index in [0.29, 0.717) is 30.4 Å². The summed E-state index contributed by atoms with van der Waals surface area (Å²) in [6.45, 7) is 2.06. The first-order chi connectivity index (χ1) is 15.5. The Kier molecular flexibility index (Phi) is 6.22. The van der Waals surface area contributed by atoms with Gasteiger partial charge in [-0.05, 0) is 12.1 Å². The fraction of sp³-hybridized carbons (Fsp3) is 0.227. The number of amides is 1. The number of methoxy groups -OCH3 is 1. The Bertz CT molecular complexity index is 1220. The van der Waals surface area contributed by atoms with E-state index < -0.39 is 5.91 Å². The first kappa shape index (κ1) is 21.2. The molecule has 0 saturated carbocycles. The van der Waals surface area contributed by atoms with Gasteiger partial charge in [0, 0.05) is 26.0 Å². The molecule has 164 valence electrons. The Hall–Kier alpha value is -4.05. The lowest BCUT2D eigenvalue weighted by atomic mass is 10.1. The highest BCUT2D eigenvalue weighted by molar-refractivity contribution is 6.05. The second-order valence-corrected chi connectivity index (χ2v) is 6.93. The second kappa shape index (κ2) is 9.40. The predicted molar refractivity (Wildman–Crippen MR) is 113 cm³/mol. The van der Waals surface area contributed by atoms with Crippen LogP contribution in [0.2, 0.25) is 0 Å². The van der Waals surface area contributed by atoms with Gasteiger partial charge >= 0.3 is 0 Å². The van der Waals surface area contributed by atoms with Gasteiger partial charge in [0.05, 0.1) is 12.8 Å². The number of benzene rings is 1. The summed E-state index contributed by atoms with van der Waals surface area (Å²) in [6, 6.07) is 12.5. The highest BCUT2D eigenvalue weighted by Gasteiger charge is 2.22. The number of hydrogen-bond donors (Lipinski definition) is 1. The number of oxazole rings is 1. The van der Waals surface area contributed by atoms with Crippen LogP contribution in [0.1, 0.15) is 39.6 Å². The fourth-order valence-corrected chi connectivity index (χ4v) is 3.00. The summed E-state index contributed by atoms with van der Waals surface area (Å²) in [6.07, 6.45) is 1.85. The maximum absolute atomic E-state index is 12.9. The molecule has 4 aromatic rings. The van der Waals surface area contributed by atoms with Crippen LogP contribution in [0.4, 0.5) is 5.82 Å². The fourth-order valence-electron chi connectivity index (χ4n) is 3.00. The molecule has 3 aromatic heterocycles. The van der Waals surface area contributed by atoms with E-state index in [1.54, 1.807) is 19.2 Å². The zero-order valence-electron chi connectivity index (χ0n) is 17.6. The van der Waals surface area contributed by atoms with Gasteiger partial charge in [-0.2, -0.15) is 9.90 Å². The molecule has 3 heterocycles. The van der Waals surface area contributed by atoms with Gasteiger partial charge in [-0.15, -0.1) is 5.10 Å².